The molecule has 6 heteroatoms. The number of hydrogen-bond acceptors (Lipinski definition) is 5. The van der Waals surface area contributed by atoms with E-state index in [1.165, 1.54) is 7.11 Å². The van der Waals surface area contributed by atoms with E-state index in [1.54, 1.807) is 18.2 Å². The summed E-state index contributed by atoms with van der Waals surface area (Å²) < 4.78 is 10.3. The van der Waals surface area contributed by atoms with Crippen LogP contribution in [0.4, 0.5) is 5.69 Å². The zero-order valence-corrected chi connectivity index (χ0v) is 12.9. The largest absolute Gasteiger partial charge is 0.494 e. The molecule has 0 unspecified atom stereocenters. The van der Waals surface area contributed by atoms with Crippen LogP contribution in [0.2, 0.25) is 0 Å². The number of H-pyrrole nitrogens is 1. The second kappa shape index (κ2) is 6.00. The van der Waals surface area contributed by atoms with E-state index in [2.05, 4.69) is 10.2 Å². The van der Waals surface area contributed by atoms with Crippen LogP contribution in [0.5, 0.6) is 5.75 Å². The average molecular weight is 311 g/mol. The molecule has 0 aliphatic carbocycles. The Kier molecular flexibility index (Phi) is 3.89. The molecule has 3 aromatic rings. The summed E-state index contributed by atoms with van der Waals surface area (Å²) in [5.41, 5.74) is 9.10. The zero-order valence-electron chi connectivity index (χ0n) is 12.9. The third-order valence-corrected chi connectivity index (χ3v) is 3.50. The Morgan fingerprint density at radius 3 is 2.83 bits per heavy atom. The summed E-state index contributed by atoms with van der Waals surface area (Å²) in [5.74, 6) is 0.327. The maximum atomic E-state index is 11.8. The summed E-state index contributed by atoms with van der Waals surface area (Å²) in [7, 11) is 1.34. The summed E-state index contributed by atoms with van der Waals surface area (Å²) in [5, 5.41) is 8.22. The van der Waals surface area contributed by atoms with E-state index in [0.29, 0.717) is 23.6 Å². The number of hydrogen-bond donors (Lipinski definition) is 2. The van der Waals surface area contributed by atoms with E-state index in [1.807, 2.05) is 25.1 Å². The third kappa shape index (κ3) is 2.83. The first-order chi connectivity index (χ1) is 11.1. The number of nitrogens with zero attached hydrogens (tertiary/aromatic N) is 1. The molecule has 0 aliphatic rings. The highest BCUT2D eigenvalue weighted by Gasteiger charge is 2.14. The minimum Gasteiger partial charge on any atom is -0.494 e. The van der Waals surface area contributed by atoms with E-state index >= 15 is 0 Å². The molecule has 0 saturated carbocycles. The number of nitrogens with one attached hydrogen (secondary N) is 1. The Hall–Kier alpha value is -3.02. The van der Waals surface area contributed by atoms with Gasteiger partial charge in [-0.15, -0.1) is 0 Å². The monoisotopic (exact) mass is 311 g/mol. The second-order valence-electron chi connectivity index (χ2n) is 5.05. The molecule has 0 atom stereocenters. The van der Waals surface area contributed by atoms with E-state index in [4.69, 9.17) is 15.2 Å². The predicted octanol–water partition coefficient (Wildman–Crippen LogP) is 3.00. The van der Waals surface area contributed by atoms with Gasteiger partial charge in [-0.25, -0.2) is 4.79 Å². The maximum absolute atomic E-state index is 11.8. The van der Waals surface area contributed by atoms with Crippen LogP contribution in [0.25, 0.3) is 22.2 Å². The SMILES string of the molecule is CCOc1ccc2[nH]nc(-c3cc(N)cc(C(=O)OC)c3)c2c1. The number of aromatic amines is 1. The van der Waals surface area contributed by atoms with Crippen LogP contribution < -0.4 is 10.5 Å². The highest BCUT2D eigenvalue weighted by molar-refractivity contribution is 5.97. The Morgan fingerprint density at radius 1 is 1.26 bits per heavy atom. The van der Waals surface area contributed by atoms with Gasteiger partial charge in [-0.1, -0.05) is 0 Å². The molecule has 0 saturated heterocycles. The number of benzene rings is 2. The number of esters is 1. The highest BCUT2D eigenvalue weighted by Crippen LogP contribution is 2.31. The molecular formula is C17H17N3O3. The van der Waals surface area contributed by atoms with Crippen LogP contribution in [0, 0.1) is 0 Å². The molecule has 3 rings (SSSR count). The van der Waals surface area contributed by atoms with Gasteiger partial charge in [0, 0.05) is 16.6 Å². The molecule has 23 heavy (non-hydrogen) atoms. The van der Waals surface area contributed by atoms with E-state index in [0.717, 1.165) is 22.2 Å². The number of fused-ring (bicyclic) bond motifs is 1. The van der Waals surface area contributed by atoms with Crippen molar-refractivity contribution in [1.82, 2.24) is 10.2 Å². The van der Waals surface area contributed by atoms with Gasteiger partial charge in [0.05, 0.1) is 24.8 Å². The molecule has 0 fully saturated rings. The van der Waals surface area contributed by atoms with Crippen LogP contribution in [-0.2, 0) is 4.74 Å². The van der Waals surface area contributed by atoms with Crippen molar-refractivity contribution in [2.24, 2.45) is 0 Å². The first-order valence-electron chi connectivity index (χ1n) is 7.22. The molecule has 0 bridgehead atoms. The van der Waals surface area contributed by atoms with Crippen LogP contribution >= 0.6 is 0 Å². The van der Waals surface area contributed by atoms with Gasteiger partial charge in [-0.3, -0.25) is 5.10 Å². The summed E-state index contributed by atoms with van der Waals surface area (Å²) in [6.07, 6.45) is 0. The smallest absolute Gasteiger partial charge is 0.337 e. The van der Waals surface area contributed by atoms with Crippen LogP contribution in [0.15, 0.2) is 36.4 Å². The fraction of sp³-hybridized carbons (Fsp3) is 0.176. The lowest BCUT2D eigenvalue weighted by molar-refractivity contribution is 0.0601. The molecule has 3 N–H and O–H groups in total. The molecule has 118 valence electrons. The van der Waals surface area contributed by atoms with Gasteiger partial charge in [0.25, 0.3) is 0 Å². The number of rotatable bonds is 4. The molecule has 0 radical (unpaired) electrons. The van der Waals surface area contributed by atoms with Gasteiger partial charge >= 0.3 is 5.97 Å². The van der Waals surface area contributed by atoms with Crippen LogP contribution in [0.3, 0.4) is 0 Å². The van der Waals surface area contributed by atoms with Gasteiger partial charge < -0.3 is 15.2 Å². The number of nitrogens with two attached hydrogens (primary N) is 1. The Bertz CT molecular complexity index is 871. The normalized spacial score (nSPS) is 10.7. The third-order valence-electron chi connectivity index (χ3n) is 3.50. The summed E-state index contributed by atoms with van der Waals surface area (Å²) in [6.45, 7) is 2.52. The second-order valence-corrected chi connectivity index (χ2v) is 5.05. The molecule has 0 aliphatic heterocycles. The average Bonchev–Trinajstić information content (AvgIpc) is 2.97. The van der Waals surface area contributed by atoms with Gasteiger partial charge in [0.15, 0.2) is 0 Å². The number of aromatic nitrogens is 2. The number of carbonyl (C=O) groups is 1. The van der Waals surface area contributed by atoms with Crippen LogP contribution in [-0.4, -0.2) is 29.9 Å². The Balaban J connectivity index is 2.14. The number of carbonyl (C=O) groups excluding carboxylic acids is 1. The van der Waals surface area contributed by atoms with Gasteiger partial charge in [-0.05, 0) is 43.3 Å². The lowest BCUT2D eigenvalue weighted by atomic mass is 10.0. The van der Waals surface area contributed by atoms with Crippen molar-refractivity contribution in [3.8, 4) is 17.0 Å². The molecular weight excluding hydrogens is 294 g/mol. The Labute approximate surface area is 133 Å². The lowest BCUT2D eigenvalue weighted by Gasteiger charge is -2.06. The minimum atomic E-state index is -0.437. The number of anilines is 1. The van der Waals surface area contributed by atoms with E-state index in [9.17, 15) is 4.79 Å². The molecule has 2 aromatic carbocycles. The number of ether oxygens (including phenoxy) is 2. The van der Waals surface area contributed by atoms with Crippen LogP contribution in [0.1, 0.15) is 17.3 Å². The van der Waals surface area contributed by atoms with Gasteiger partial charge in [0.1, 0.15) is 11.4 Å². The van der Waals surface area contributed by atoms with Crippen molar-refractivity contribution in [1.29, 1.82) is 0 Å². The van der Waals surface area contributed by atoms with Crippen molar-refractivity contribution in [2.45, 2.75) is 6.92 Å². The standard InChI is InChI=1S/C17H17N3O3/c1-3-23-13-4-5-15-14(9-13)16(20-19-15)10-6-11(17(21)22-2)8-12(18)7-10/h4-9H,3,18H2,1-2H3,(H,19,20). The van der Waals surface area contributed by atoms with Crippen molar-refractivity contribution >= 4 is 22.6 Å². The maximum Gasteiger partial charge on any atom is 0.337 e. The Morgan fingerprint density at radius 2 is 2.09 bits per heavy atom. The van der Waals surface area contributed by atoms with E-state index < -0.39 is 5.97 Å². The van der Waals surface area contributed by atoms with E-state index in [-0.39, 0.29) is 0 Å². The molecule has 1 aromatic heterocycles. The summed E-state index contributed by atoms with van der Waals surface area (Å²) in [4.78, 5) is 11.8. The molecule has 0 spiro atoms. The number of methoxy groups -OCH3 is 1. The summed E-state index contributed by atoms with van der Waals surface area (Å²) >= 11 is 0. The predicted molar refractivity (Wildman–Crippen MR) is 88.5 cm³/mol. The minimum absolute atomic E-state index is 0.389. The van der Waals surface area contributed by atoms with Gasteiger partial charge in [-0.2, -0.15) is 5.10 Å². The van der Waals surface area contributed by atoms with Gasteiger partial charge in [0.2, 0.25) is 0 Å². The first-order valence-corrected chi connectivity index (χ1v) is 7.22. The fourth-order valence-corrected chi connectivity index (χ4v) is 2.49. The topological polar surface area (TPSA) is 90.2 Å². The lowest BCUT2D eigenvalue weighted by Crippen LogP contribution is -2.02. The van der Waals surface area contributed by atoms with Crippen molar-refractivity contribution in [2.75, 3.05) is 19.5 Å². The summed E-state index contributed by atoms with van der Waals surface area (Å²) in [6, 6.07) is 10.8. The number of nitrogen functional groups attached to an aromatic ring is 1. The van der Waals surface area contributed by atoms with Crippen molar-refractivity contribution < 1.29 is 14.3 Å². The van der Waals surface area contributed by atoms with Crippen molar-refractivity contribution in [3.63, 3.8) is 0 Å². The fourth-order valence-electron chi connectivity index (χ4n) is 2.49. The quantitative estimate of drug-likeness (QED) is 0.571. The molecule has 0 amide bonds. The first kappa shape index (κ1) is 14.9. The van der Waals surface area contributed by atoms with Crippen molar-refractivity contribution in [3.05, 3.63) is 42.0 Å². The highest BCUT2D eigenvalue weighted by atomic mass is 16.5. The molecule has 6 nitrogen and oxygen atoms in total. The zero-order chi connectivity index (χ0) is 16.4. The molecule has 1 heterocycles.